The maximum atomic E-state index is 11.9. The Bertz CT molecular complexity index is 735. The third-order valence-corrected chi connectivity index (χ3v) is 3.33. The number of aryl methyl sites for hydroxylation is 1. The predicted octanol–water partition coefficient (Wildman–Crippen LogP) is 2.86. The maximum Gasteiger partial charge on any atom is 0.338 e. The van der Waals surface area contributed by atoms with E-state index in [1.807, 2.05) is 17.5 Å². The first kappa shape index (κ1) is 13.4. The van der Waals surface area contributed by atoms with Crippen LogP contribution >= 0.6 is 11.3 Å². The number of hydrogen-bond donors (Lipinski definition) is 0. The van der Waals surface area contributed by atoms with Crippen LogP contribution in [0.4, 0.5) is 0 Å². The second kappa shape index (κ2) is 5.84. The Balaban J connectivity index is 1.65. The van der Waals surface area contributed by atoms with E-state index in [9.17, 15) is 4.79 Å². The van der Waals surface area contributed by atoms with Crippen molar-refractivity contribution in [3.05, 3.63) is 52.4 Å². The number of carbonyl (C=O) groups excluding carboxylic acids is 1. The van der Waals surface area contributed by atoms with Crippen LogP contribution in [-0.4, -0.2) is 21.1 Å². The minimum absolute atomic E-state index is 0.0342. The smallest absolute Gasteiger partial charge is 0.338 e. The van der Waals surface area contributed by atoms with Crippen LogP contribution in [0.25, 0.3) is 11.3 Å². The number of thiazole rings is 1. The summed E-state index contributed by atoms with van der Waals surface area (Å²) in [5, 5.41) is 5.57. The van der Waals surface area contributed by atoms with Crippen molar-refractivity contribution < 1.29 is 14.1 Å². The Labute approximate surface area is 124 Å². The molecular weight excluding hydrogens is 290 g/mol. The number of nitrogens with zero attached hydrogens (tertiary/aromatic N) is 3. The van der Waals surface area contributed by atoms with E-state index in [-0.39, 0.29) is 12.5 Å². The van der Waals surface area contributed by atoms with Crippen LogP contribution in [0.5, 0.6) is 0 Å². The van der Waals surface area contributed by atoms with E-state index in [2.05, 4.69) is 15.1 Å². The molecule has 6 nitrogen and oxygen atoms in total. The fourth-order valence-corrected chi connectivity index (χ4v) is 2.30. The van der Waals surface area contributed by atoms with Gasteiger partial charge in [0.05, 0.1) is 16.8 Å². The normalized spacial score (nSPS) is 10.5. The summed E-state index contributed by atoms with van der Waals surface area (Å²) in [4.78, 5) is 20.1. The lowest BCUT2D eigenvalue weighted by Gasteiger charge is -2.03. The molecule has 0 bridgehead atoms. The average molecular weight is 301 g/mol. The van der Waals surface area contributed by atoms with E-state index in [1.54, 1.807) is 24.6 Å². The van der Waals surface area contributed by atoms with Gasteiger partial charge in [0.1, 0.15) is 0 Å². The van der Waals surface area contributed by atoms with Crippen LogP contribution in [0.2, 0.25) is 0 Å². The quantitative estimate of drug-likeness (QED) is 0.689. The summed E-state index contributed by atoms with van der Waals surface area (Å²) in [6.07, 6.45) is 0. The number of esters is 1. The Kier molecular flexibility index (Phi) is 3.74. The molecule has 0 atom stereocenters. The molecule has 2 aromatic heterocycles. The van der Waals surface area contributed by atoms with Crippen LogP contribution in [0.15, 0.2) is 39.7 Å². The molecule has 21 heavy (non-hydrogen) atoms. The van der Waals surface area contributed by atoms with Crippen LogP contribution in [0.1, 0.15) is 22.1 Å². The first-order valence-electron chi connectivity index (χ1n) is 6.17. The van der Waals surface area contributed by atoms with Crippen molar-refractivity contribution in [2.45, 2.75) is 13.5 Å². The van der Waals surface area contributed by atoms with Gasteiger partial charge in [0.25, 0.3) is 5.89 Å². The highest BCUT2D eigenvalue weighted by molar-refractivity contribution is 7.07. The molecule has 0 spiro atoms. The molecule has 0 aliphatic rings. The molecule has 0 aliphatic carbocycles. The summed E-state index contributed by atoms with van der Waals surface area (Å²) in [5.41, 5.74) is 4.08. The van der Waals surface area contributed by atoms with Crippen LogP contribution in [0.3, 0.4) is 0 Å². The summed E-state index contributed by atoms with van der Waals surface area (Å²) >= 11 is 1.53. The van der Waals surface area contributed by atoms with Crippen molar-refractivity contribution in [2.75, 3.05) is 0 Å². The van der Waals surface area contributed by atoms with Crippen molar-refractivity contribution >= 4 is 17.3 Å². The summed E-state index contributed by atoms with van der Waals surface area (Å²) in [7, 11) is 0. The molecule has 0 fully saturated rings. The lowest BCUT2D eigenvalue weighted by atomic mass is 10.1. The van der Waals surface area contributed by atoms with E-state index in [1.165, 1.54) is 11.3 Å². The third kappa shape index (κ3) is 3.14. The van der Waals surface area contributed by atoms with Crippen molar-refractivity contribution in [3.8, 4) is 11.3 Å². The molecule has 0 radical (unpaired) electrons. The average Bonchev–Trinajstić information content (AvgIpc) is 3.16. The SMILES string of the molecule is Cc1noc(COC(=O)c2ccc(-c3cscn3)cc2)n1. The standard InChI is InChI=1S/C14H11N3O3S/c1-9-16-13(20-17-9)6-19-14(18)11-4-2-10(3-5-11)12-7-21-8-15-12/h2-5,7-8H,6H2,1H3. The summed E-state index contributed by atoms with van der Waals surface area (Å²) in [6.45, 7) is 1.67. The van der Waals surface area contributed by atoms with Gasteiger partial charge in [-0.05, 0) is 19.1 Å². The first-order chi connectivity index (χ1) is 10.2. The molecule has 0 saturated heterocycles. The van der Waals surface area contributed by atoms with E-state index in [0.717, 1.165) is 11.3 Å². The largest absolute Gasteiger partial charge is 0.452 e. The zero-order valence-electron chi connectivity index (χ0n) is 11.1. The highest BCUT2D eigenvalue weighted by Gasteiger charge is 2.11. The van der Waals surface area contributed by atoms with Crippen LogP contribution < -0.4 is 0 Å². The molecule has 0 saturated carbocycles. The number of benzene rings is 1. The molecular formula is C14H11N3O3S. The van der Waals surface area contributed by atoms with Crippen molar-refractivity contribution in [2.24, 2.45) is 0 Å². The van der Waals surface area contributed by atoms with Gasteiger partial charge in [0.15, 0.2) is 12.4 Å². The summed E-state index contributed by atoms with van der Waals surface area (Å²) in [5.74, 6) is 0.351. The predicted molar refractivity (Wildman–Crippen MR) is 75.7 cm³/mol. The lowest BCUT2D eigenvalue weighted by molar-refractivity contribution is 0.0430. The number of aromatic nitrogens is 3. The molecule has 2 heterocycles. The molecule has 7 heteroatoms. The maximum absolute atomic E-state index is 11.9. The molecule has 106 valence electrons. The van der Waals surface area contributed by atoms with Crippen molar-refractivity contribution in [3.63, 3.8) is 0 Å². The van der Waals surface area contributed by atoms with E-state index < -0.39 is 5.97 Å². The zero-order chi connectivity index (χ0) is 14.7. The van der Waals surface area contributed by atoms with Gasteiger partial charge in [0.2, 0.25) is 0 Å². The van der Waals surface area contributed by atoms with Crippen LogP contribution in [-0.2, 0) is 11.3 Å². The molecule has 1 aromatic carbocycles. The zero-order valence-corrected chi connectivity index (χ0v) is 12.0. The Morgan fingerprint density at radius 1 is 1.33 bits per heavy atom. The number of ether oxygens (including phenoxy) is 1. The third-order valence-electron chi connectivity index (χ3n) is 2.75. The van der Waals surface area contributed by atoms with Crippen molar-refractivity contribution in [1.29, 1.82) is 0 Å². The minimum Gasteiger partial charge on any atom is -0.452 e. The number of carbonyl (C=O) groups is 1. The topological polar surface area (TPSA) is 78.1 Å². The van der Waals surface area contributed by atoms with Gasteiger partial charge < -0.3 is 9.26 Å². The van der Waals surface area contributed by atoms with Gasteiger partial charge in [-0.1, -0.05) is 17.3 Å². The number of hydrogen-bond acceptors (Lipinski definition) is 7. The fourth-order valence-electron chi connectivity index (χ4n) is 1.74. The summed E-state index contributed by atoms with van der Waals surface area (Å²) < 4.78 is 9.98. The fraction of sp³-hybridized carbons (Fsp3) is 0.143. The van der Waals surface area contributed by atoms with E-state index >= 15 is 0 Å². The molecule has 0 amide bonds. The van der Waals surface area contributed by atoms with Crippen LogP contribution in [0, 0.1) is 6.92 Å². The monoisotopic (exact) mass is 301 g/mol. The van der Waals surface area contributed by atoms with Gasteiger partial charge in [-0.2, -0.15) is 4.98 Å². The van der Waals surface area contributed by atoms with E-state index in [4.69, 9.17) is 9.26 Å². The van der Waals surface area contributed by atoms with Gasteiger partial charge in [-0.25, -0.2) is 9.78 Å². The second-order valence-electron chi connectivity index (χ2n) is 4.26. The van der Waals surface area contributed by atoms with E-state index in [0.29, 0.717) is 11.4 Å². The van der Waals surface area contributed by atoms with Gasteiger partial charge in [-0.3, -0.25) is 0 Å². The van der Waals surface area contributed by atoms with Gasteiger partial charge in [-0.15, -0.1) is 11.3 Å². The lowest BCUT2D eigenvalue weighted by Crippen LogP contribution is -2.05. The Hall–Kier alpha value is -2.54. The highest BCUT2D eigenvalue weighted by Crippen LogP contribution is 2.19. The number of rotatable bonds is 4. The van der Waals surface area contributed by atoms with Gasteiger partial charge >= 0.3 is 5.97 Å². The Morgan fingerprint density at radius 3 is 2.76 bits per heavy atom. The summed E-state index contributed by atoms with van der Waals surface area (Å²) in [6, 6.07) is 7.08. The molecule has 0 N–H and O–H groups in total. The second-order valence-corrected chi connectivity index (χ2v) is 4.98. The van der Waals surface area contributed by atoms with Crippen molar-refractivity contribution in [1.82, 2.24) is 15.1 Å². The molecule has 3 aromatic rings. The first-order valence-corrected chi connectivity index (χ1v) is 7.11. The van der Waals surface area contributed by atoms with Gasteiger partial charge in [0, 0.05) is 10.9 Å². The minimum atomic E-state index is -0.435. The Morgan fingerprint density at radius 2 is 2.14 bits per heavy atom. The molecule has 0 aliphatic heterocycles. The molecule has 3 rings (SSSR count). The molecule has 0 unspecified atom stereocenters. The highest BCUT2D eigenvalue weighted by atomic mass is 32.1.